The van der Waals surface area contributed by atoms with Gasteiger partial charge in [0, 0.05) is 24.7 Å². The van der Waals surface area contributed by atoms with E-state index in [2.05, 4.69) is 24.0 Å². The summed E-state index contributed by atoms with van der Waals surface area (Å²) in [6.45, 7) is 6.91. The maximum atomic E-state index is 11.7. The average molecular weight is 312 g/mol. The molecular formula is C14H24N4O2S. The van der Waals surface area contributed by atoms with E-state index in [-0.39, 0.29) is 17.5 Å². The van der Waals surface area contributed by atoms with Crippen LogP contribution in [0.5, 0.6) is 0 Å². The van der Waals surface area contributed by atoms with Gasteiger partial charge in [0.2, 0.25) is 0 Å². The average Bonchev–Trinajstić information content (AvgIpc) is 2.44. The Labute approximate surface area is 126 Å². The lowest BCUT2D eigenvalue weighted by Crippen LogP contribution is -2.48. The van der Waals surface area contributed by atoms with Crippen LogP contribution in [0.15, 0.2) is 0 Å². The van der Waals surface area contributed by atoms with Crippen LogP contribution in [0.1, 0.15) is 37.6 Å². The molecule has 1 saturated heterocycles. The minimum Gasteiger partial charge on any atom is -0.350 e. The third-order valence-electron chi connectivity index (χ3n) is 4.08. The lowest BCUT2D eigenvalue weighted by atomic mass is 10.0. The van der Waals surface area contributed by atoms with Crippen molar-refractivity contribution in [1.82, 2.24) is 10.2 Å². The molecule has 1 aromatic heterocycles. The summed E-state index contributed by atoms with van der Waals surface area (Å²) >= 11 is 0. The summed E-state index contributed by atoms with van der Waals surface area (Å²) in [6, 6.07) is -0.0967. The summed E-state index contributed by atoms with van der Waals surface area (Å²) in [7, 11) is -2.94. The number of hydrogen-bond acceptors (Lipinski definition) is 6. The van der Waals surface area contributed by atoms with E-state index in [0.29, 0.717) is 13.1 Å². The van der Waals surface area contributed by atoms with Gasteiger partial charge in [-0.25, -0.2) is 8.42 Å². The van der Waals surface area contributed by atoms with Gasteiger partial charge in [0.15, 0.2) is 15.7 Å². The molecule has 1 aliphatic heterocycles. The maximum Gasteiger partial charge on any atom is 0.156 e. The van der Waals surface area contributed by atoms with Crippen LogP contribution in [0.3, 0.4) is 0 Å². The van der Waals surface area contributed by atoms with E-state index in [4.69, 9.17) is 5.73 Å². The molecule has 118 valence electrons. The Morgan fingerprint density at radius 3 is 2.48 bits per heavy atom. The highest BCUT2D eigenvalue weighted by molar-refractivity contribution is 7.91. The highest BCUT2D eigenvalue weighted by atomic mass is 32.2. The van der Waals surface area contributed by atoms with E-state index in [0.717, 1.165) is 35.5 Å². The number of anilines is 1. The number of sulfone groups is 1. The Hall–Kier alpha value is -1.21. The number of nitrogens with two attached hydrogens (primary N) is 1. The molecule has 6 nitrogen and oxygen atoms in total. The number of hydrogen-bond donors (Lipinski definition) is 1. The summed E-state index contributed by atoms with van der Waals surface area (Å²) in [5, 5.41) is 8.68. The summed E-state index contributed by atoms with van der Waals surface area (Å²) < 4.78 is 23.5. The molecule has 0 radical (unpaired) electrons. The fourth-order valence-corrected chi connectivity index (χ4v) is 4.55. The lowest BCUT2D eigenvalue weighted by Gasteiger charge is -2.35. The molecular weight excluding hydrogens is 288 g/mol. The highest BCUT2D eigenvalue weighted by Gasteiger charge is 2.31. The molecule has 1 fully saturated rings. The van der Waals surface area contributed by atoms with Crippen molar-refractivity contribution in [3.8, 4) is 0 Å². The first-order chi connectivity index (χ1) is 9.93. The zero-order chi connectivity index (χ0) is 15.6. The second kappa shape index (κ2) is 6.27. The van der Waals surface area contributed by atoms with Gasteiger partial charge in [-0.2, -0.15) is 5.10 Å². The van der Waals surface area contributed by atoms with Crippen LogP contribution in [0, 0.1) is 0 Å². The van der Waals surface area contributed by atoms with Crippen LogP contribution in [0.25, 0.3) is 0 Å². The summed E-state index contributed by atoms with van der Waals surface area (Å²) in [5.74, 6) is 1.09. The largest absolute Gasteiger partial charge is 0.350 e. The molecule has 0 spiro atoms. The topological polar surface area (TPSA) is 89.2 Å². The van der Waals surface area contributed by atoms with E-state index in [1.807, 2.05) is 11.8 Å². The van der Waals surface area contributed by atoms with Gasteiger partial charge in [0.25, 0.3) is 0 Å². The van der Waals surface area contributed by atoms with Gasteiger partial charge >= 0.3 is 0 Å². The molecule has 0 bridgehead atoms. The molecule has 2 rings (SSSR count). The summed E-state index contributed by atoms with van der Waals surface area (Å²) in [6.07, 6.45) is 1.69. The van der Waals surface area contributed by atoms with Crippen LogP contribution < -0.4 is 10.6 Å². The fraction of sp³-hybridized carbons (Fsp3) is 0.714. The predicted octanol–water partition coefficient (Wildman–Crippen LogP) is 0.683. The van der Waals surface area contributed by atoms with E-state index in [1.54, 1.807) is 0 Å². The van der Waals surface area contributed by atoms with Gasteiger partial charge in [-0.1, -0.05) is 13.8 Å². The maximum absolute atomic E-state index is 11.7. The number of aryl methyl sites for hydroxylation is 1. The molecule has 1 atom stereocenters. The molecule has 0 aromatic carbocycles. The normalized spacial score (nSPS) is 21.5. The smallest absolute Gasteiger partial charge is 0.156 e. The molecule has 7 heteroatoms. The van der Waals surface area contributed by atoms with Gasteiger partial charge in [-0.15, -0.1) is 5.10 Å². The molecule has 2 N–H and O–H groups in total. The van der Waals surface area contributed by atoms with Crippen LogP contribution in [-0.2, 0) is 29.2 Å². The van der Waals surface area contributed by atoms with Crippen LogP contribution in [0.2, 0.25) is 0 Å². The molecule has 1 aliphatic rings. The van der Waals surface area contributed by atoms with Gasteiger partial charge in [0.1, 0.15) is 0 Å². The molecule has 2 heterocycles. The van der Waals surface area contributed by atoms with Crippen molar-refractivity contribution < 1.29 is 8.42 Å². The molecule has 21 heavy (non-hydrogen) atoms. The van der Waals surface area contributed by atoms with Crippen molar-refractivity contribution in [2.45, 2.75) is 46.2 Å². The lowest BCUT2D eigenvalue weighted by molar-refractivity contribution is 0.564. The Kier molecular flexibility index (Phi) is 4.83. The van der Waals surface area contributed by atoms with Crippen molar-refractivity contribution >= 4 is 15.7 Å². The van der Waals surface area contributed by atoms with E-state index < -0.39 is 9.84 Å². The second-order valence-corrected chi connectivity index (χ2v) is 7.72. The van der Waals surface area contributed by atoms with Gasteiger partial charge in [-0.3, -0.25) is 0 Å². The van der Waals surface area contributed by atoms with Gasteiger partial charge < -0.3 is 10.6 Å². The first-order valence-corrected chi connectivity index (χ1v) is 9.30. The molecule has 0 amide bonds. The number of rotatable bonds is 4. The van der Waals surface area contributed by atoms with Crippen molar-refractivity contribution in [2.24, 2.45) is 5.73 Å². The van der Waals surface area contributed by atoms with Gasteiger partial charge in [-0.05, 0) is 25.3 Å². The van der Waals surface area contributed by atoms with Crippen LogP contribution in [0.4, 0.5) is 5.82 Å². The van der Waals surface area contributed by atoms with Gasteiger partial charge in [0.05, 0.1) is 17.2 Å². The Morgan fingerprint density at radius 2 is 1.95 bits per heavy atom. The quantitative estimate of drug-likeness (QED) is 0.879. The Morgan fingerprint density at radius 1 is 1.24 bits per heavy atom. The van der Waals surface area contributed by atoms with Crippen LogP contribution >= 0.6 is 0 Å². The van der Waals surface area contributed by atoms with Crippen molar-refractivity contribution in [1.29, 1.82) is 0 Å². The molecule has 0 aliphatic carbocycles. The zero-order valence-electron chi connectivity index (χ0n) is 13.0. The number of aromatic nitrogens is 2. The fourth-order valence-electron chi connectivity index (χ4n) is 3.00. The SMILES string of the molecule is CCc1nnc(N2CCS(=O)(=O)CC2C)c(CN)c1CC. The summed E-state index contributed by atoms with van der Waals surface area (Å²) in [4.78, 5) is 2.04. The van der Waals surface area contributed by atoms with Crippen molar-refractivity contribution in [3.05, 3.63) is 16.8 Å². The third kappa shape index (κ3) is 3.18. The van der Waals surface area contributed by atoms with E-state index in [9.17, 15) is 8.42 Å². The highest BCUT2D eigenvalue weighted by Crippen LogP contribution is 2.27. The first kappa shape index (κ1) is 16.2. The Balaban J connectivity index is 2.45. The molecule has 1 unspecified atom stereocenters. The standard InChI is InChI=1S/C14H24N4O2S/c1-4-11-12(8-15)14(17-16-13(11)5-2)18-6-7-21(19,20)9-10(18)3/h10H,4-9,15H2,1-3H3. The second-order valence-electron chi connectivity index (χ2n) is 5.50. The van der Waals surface area contributed by atoms with Crippen molar-refractivity contribution in [2.75, 3.05) is 23.0 Å². The minimum absolute atomic E-state index is 0.0967. The summed E-state index contributed by atoms with van der Waals surface area (Å²) in [5.41, 5.74) is 9.10. The molecule has 0 saturated carbocycles. The monoisotopic (exact) mass is 312 g/mol. The van der Waals surface area contributed by atoms with E-state index >= 15 is 0 Å². The first-order valence-electron chi connectivity index (χ1n) is 7.47. The number of nitrogens with zero attached hydrogens (tertiary/aromatic N) is 3. The third-order valence-corrected chi connectivity index (χ3v) is 5.88. The van der Waals surface area contributed by atoms with Crippen molar-refractivity contribution in [3.63, 3.8) is 0 Å². The Bertz CT molecular complexity index is 616. The van der Waals surface area contributed by atoms with E-state index in [1.165, 1.54) is 0 Å². The predicted molar refractivity (Wildman–Crippen MR) is 84.1 cm³/mol. The van der Waals surface area contributed by atoms with Crippen LogP contribution in [-0.4, -0.2) is 42.7 Å². The zero-order valence-corrected chi connectivity index (χ0v) is 13.8. The minimum atomic E-state index is -2.94. The molecule has 1 aromatic rings.